The van der Waals surface area contributed by atoms with Crippen molar-refractivity contribution in [2.45, 2.75) is 26.4 Å². The third-order valence-corrected chi connectivity index (χ3v) is 6.02. The fraction of sp³-hybridized carbons (Fsp3) is 0.364. The molecule has 0 aliphatic rings. The summed E-state index contributed by atoms with van der Waals surface area (Å²) in [6.45, 7) is 3.13. The van der Waals surface area contributed by atoms with Gasteiger partial charge < -0.3 is 15.0 Å². The topological polar surface area (TPSA) is 96.0 Å². The number of rotatable bonds is 9. The Kier molecular flexibility index (Phi) is 8.04. The molecule has 8 nitrogen and oxygen atoms in total. The van der Waals surface area contributed by atoms with Crippen LogP contribution < -0.4 is 14.4 Å². The van der Waals surface area contributed by atoms with Gasteiger partial charge in [-0.25, -0.2) is 8.42 Å². The van der Waals surface area contributed by atoms with Gasteiger partial charge in [-0.15, -0.1) is 0 Å². The monoisotopic (exact) mass is 447 g/mol. The van der Waals surface area contributed by atoms with E-state index in [4.69, 9.17) is 4.74 Å². The molecule has 0 aromatic heterocycles. The predicted molar refractivity (Wildman–Crippen MR) is 120 cm³/mol. The zero-order chi connectivity index (χ0) is 23.2. The number of hydrogen-bond acceptors (Lipinski definition) is 5. The van der Waals surface area contributed by atoms with Crippen molar-refractivity contribution in [3.05, 3.63) is 59.7 Å². The molecular weight excluding hydrogens is 418 g/mol. The highest BCUT2D eigenvalue weighted by Crippen LogP contribution is 2.31. The van der Waals surface area contributed by atoms with Crippen molar-refractivity contribution in [1.82, 2.24) is 10.2 Å². The molecular formula is C22H29N3O5S. The van der Waals surface area contributed by atoms with E-state index in [0.717, 1.165) is 21.7 Å². The Balaban J connectivity index is 2.44. The number of sulfonamides is 1. The third-order valence-electron chi connectivity index (χ3n) is 4.89. The molecule has 9 heteroatoms. The molecule has 0 saturated carbocycles. The van der Waals surface area contributed by atoms with E-state index in [1.807, 2.05) is 37.3 Å². The number of aryl methyl sites for hydroxylation is 1. The Hall–Kier alpha value is -3.07. The van der Waals surface area contributed by atoms with Crippen molar-refractivity contribution >= 4 is 27.5 Å². The second-order valence-electron chi connectivity index (χ2n) is 7.24. The first-order chi connectivity index (χ1) is 14.6. The van der Waals surface area contributed by atoms with Gasteiger partial charge >= 0.3 is 0 Å². The Bertz CT molecular complexity index is 1020. The number of carbonyl (C=O) groups is 2. The van der Waals surface area contributed by atoms with Gasteiger partial charge in [-0.05, 0) is 37.1 Å². The number of hydrogen-bond donors (Lipinski definition) is 1. The Morgan fingerprint density at radius 3 is 2.32 bits per heavy atom. The number of benzene rings is 2. The van der Waals surface area contributed by atoms with E-state index in [-0.39, 0.29) is 18.1 Å². The molecule has 0 bridgehead atoms. The predicted octanol–water partition coefficient (Wildman–Crippen LogP) is 1.93. The summed E-state index contributed by atoms with van der Waals surface area (Å²) in [6.07, 6.45) is 1.03. The minimum atomic E-state index is -3.81. The second kappa shape index (κ2) is 10.3. The maximum Gasteiger partial charge on any atom is 0.244 e. The summed E-state index contributed by atoms with van der Waals surface area (Å²) in [6, 6.07) is 13.5. The average Bonchev–Trinajstić information content (AvgIpc) is 2.74. The standard InChI is InChI=1S/C22H29N3O5S/c1-16-11-12-20(30-4)19(13-16)25(31(5,28)29)15-21(26)24(17(2)22(27)23-3)14-18-9-7-6-8-10-18/h6-13,17H,14-15H2,1-5H3,(H,23,27). The zero-order valence-corrected chi connectivity index (χ0v) is 19.3. The number of carbonyl (C=O) groups excluding carboxylic acids is 2. The van der Waals surface area contributed by atoms with Gasteiger partial charge in [-0.1, -0.05) is 36.4 Å². The summed E-state index contributed by atoms with van der Waals surface area (Å²) in [5.74, 6) is -0.518. The summed E-state index contributed by atoms with van der Waals surface area (Å²) in [5, 5.41) is 2.54. The van der Waals surface area contributed by atoms with Crippen LogP contribution in [-0.4, -0.2) is 58.1 Å². The SMILES string of the molecule is CNC(=O)C(C)N(Cc1ccccc1)C(=O)CN(c1cc(C)ccc1OC)S(C)(=O)=O. The number of likely N-dealkylation sites (N-methyl/N-ethyl adjacent to an activating group) is 1. The van der Waals surface area contributed by atoms with Crippen LogP contribution in [0.5, 0.6) is 5.75 Å². The van der Waals surface area contributed by atoms with E-state index in [0.29, 0.717) is 5.75 Å². The maximum absolute atomic E-state index is 13.3. The molecule has 0 radical (unpaired) electrons. The first kappa shape index (κ1) is 24.2. The van der Waals surface area contributed by atoms with Crippen LogP contribution >= 0.6 is 0 Å². The maximum atomic E-state index is 13.3. The van der Waals surface area contributed by atoms with Crippen LogP contribution in [-0.2, 0) is 26.2 Å². The summed E-state index contributed by atoms with van der Waals surface area (Å²) in [7, 11) is -0.888. The highest BCUT2D eigenvalue weighted by molar-refractivity contribution is 7.92. The molecule has 1 unspecified atom stereocenters. The van der Waals surface area contributed by atoms with Crippen molar-refractivity contribution < 1.29 is 22.7 Å². The van der Waals surface area contributed by atoms with Crippen molar-refractivity contribution in [3.63, 3.8) is 0 Å². The van der Waals surface area contributed by atoms with Gasteiger partial charge in [0.2, 0.25) is 21.8 Å². The van der Waals surface area contributed by atoms with Gasteiger partial charge in [0.05, 0.1) is 19.1 Å². The Morgan fingerprint density at radius 2 is 1.77 bits per heavy atom. The minimum Gasteiger partial charge on any atom is -0.495 e. The molecule has 0 fully saturated rings. The van der Waals surface area contributed by atoms with E-state index in [1.54, 1.807) is 25.1 Å². The van der Waals surface area contributed by atoms with Gasteiger partial charge in [0.25, 0.3) is 0 Å². The normalized spacial score (nSPS) is 12.0. The molecule has 1 N–H and O–H groups in total. The molecule has 0 spiro atoms. The van der Waals surface area contributed by atoms with Crippen molar-refractivity contribution in [2.24, 2.45) is 0 Å². The molecule has 2 aromatic carbocycles. The van der Waals surface area contributed by atoms with E-state index in [1.165, 1.54) is 19.1 Å². The molecule has 0 aliphatic heterocycles. The molecule has 168 valence electrons. The number of methoxy groups -OCH3 is 1. The lowest BCUT2D eigenvalue weighted by Gasteiger charge is -2.31. The fourth-order valence-corrected chi connectivity index (χ4v) is 4.01. The Labute approximate surface area is 183 Å². The highest BCUT2D eigenvalue weighted by atomic mass is 32.2. The minimum absolute atomic E-state index is 0.164. The largest absolute Gasteiger partial charge is 0.495 e. The van der Waals surface area contributed by atoms with E-state index < -0.39 is 28.5 Å². The van der Waals surface area contributed by atoms with Crippen LogP contribution in [0.2, 0.25) is 0 Å². The molecule has 2 rings (SSSR count). The van der Waals surface area contributed by atoms with Crippen molar-refractivity contribution in [2.75, 3.05) is 31.3 Å². The van der Waals surface area contributed by atoms with Crippen LogP contribution in [0.3, 0.4) is 0 Å². The summed E-state index contributed by atoms with van der Waals surface area (Å²) in [4.78, 5) is 27.0. The molecule has 0 heterocycles. The third kappa shape index (κ3) is 6.21. The van der Waals surface area contributed by atoms with Crippen LogP contribution in [0.15, 0.2) is 48.5 Å². The van der Waals surface area contributed by atoms with Crippen molar-refractivity contribution in [3.8, 4) is 5.75 Å². The molecule has 1 atom stereocenters. The van der Waals surface area contributed by atoms with E-state index in [9.17, 15) is 18.0 Å². The molecule has 0 saturated heterocycles. The highest BCUT2D eigenvalue weighted by Gasteiger charge is 2.30. The van der Waals surface area contributed by atoms with Gasteiger partial charge in [0.1, 0.15) is 18.3 Å². The van der Waals surface area contributed by atoms with Crippen LogP contribution in [0, 0.1) is 6.92 Å². The van der Waals surface area contributed by atoms with Crippen LogP contribution in [0.1, 0.15) is 18.1 Å². The smallest absolute Gasteiger partial charge is 0.244 e. The summed E-state index contributed by atoms with van der Waals surface area (Å²) in [5.41, 5.74) is 1.91. The van der Waals surface area contributed by atoms with E-state index >= 15 is 0 Å². The van der Waals surface area contributed by atoms with E-state index in [2.05, 4.69) is 5.32 Å². The van der Waals surface area contributed by atoms with Crippen LogP contribution in [0.4, 0.5) is 5.69 Å². The first-order valence-corrected chi connectivity index (χ1v) is 11.6. The quantitative estimate of drug-likeness (QED) is 0.634. The fourth-order valence-electron chi connectivity index (χ4n) is 3.16. The molecule has 2 amide bonds. The summed E-state index contributed by atoms with van der Waals surface area (Å²) >= 11 is 0. The molecule has 31 heavy (non-hydrogen) atoms. The number of nitrogens with one attached hydrogen (secondary N) is 1. The number of nitrogens with zero attached hydrogens (tertiary/aromatic N) is 2. The molecule has 2 aromatic rings. The van der Waals surface area contributed by atoms with Gasteiger partial charge in [-0.2, -0.15) is 0 Å². The van der Waals surface area contributed by atoms with Crippen molar-refractivity contribution in [1.29, 1.82) is 0 Å². The van der Waals surface area contributed by atoms with Gasteiger partial charge in [0, 0.05) is 13.6 Å². The van der Waals surface area contributed by atoms with Gasteiger partial charge in [0.15, 0.2) is 0 Å². The van der Waals surface area contributed by atoms with Crippen LogP contribution in [0.25, 0.3) is 0 Å². The number of amides is 2. The first-order valence-electron chi connectivity index (χ1n) is 9.75. The average molecular weight is 448 g/mol. The molecule has 0 aliphatic carbocycles. The van der Waals surface area contributed by atoms with Gasteiger partial charge in [-0.3, -0.25) is 13.9 Å². The number of ether oxygens (including phenoxy) is 1. The lowest BCUT2D eigenvalue weighted by molar-refractivity contribution is -0.139. The Morgan fingerprint density at radius 1 is 1.13 bits per heavy atom. The lowest BCUT2D eigenvalue weighted by Crippen LogP contribution is -2.50. The zero-order valence-electron chi connectivity index (χ0n) is 18.5. The lowest BCUT2D eigenvalue weighted by atomic mass is 10.1. The summed E-state index contributed by atoms with van der Waals surface area (Å²) < 4.78 is 31.5. The number of anilines is 1. The second-order valence-corrected chi connectivity index (χ2v) is 9.15.